The summed E-state index contributed by atoms with van der Waals surface area (Å²) in [5.74, 6) is -0.877. The number of rotatable bonds is 9. The van der Waals surface area contributed by atoms with E-state index in [1.807, 2.05) is 6.92 Å². The molecule has 0 aliphatic carbocycles. The summed E-state index contributed by atoms with van der Waals surface area (Å²) in [4.78, 5) is 22.8. The van der Waals surface area contributed by atoms with Crippen LogP contribution in [0, 0.1) is 0 Å². The Labute approximate surface area is 124 Å². The third-order valence-electron chi connectivity index (χ3n) is 3.10. The molecule has 116 valence electrons. The van der Waals surface area contributed by atoms with Crippen LogP contribution in [0.25, 0.3) is 0 Å². The number of para-hydroxylation sites is 1. The number of carboxylic acids is 1. The highest BCUT2D eigenvalue weighted by Gasteiger charge is 2.23. The van der Waals surface area contributed by atoms with E-state index in [2.05, 4.69) is 0 Å². The second-order valence-electron chi connectivity index (χ2n) is 4.78. The molecule has 0 saturated heterocycles. The highest BCUT2D eigenvalue weighted by molar-refractivity contribution is 5.72. The molecule has 1 rings (SSSR count). The first-order valence-electron chi connectivity index (χ1n) is 7.12. The molecule has 0 amide bonds. The number of carbonyl (C=O) groups is 2. The molecule has 5 heteroatoms. The zero-order chi connectivity index (χ0) is 15.7. The van der Waals surface area contributed by atoms with Gasteiger partial charge in [-0.1, -0.05) is 38.0 Å². The van der Waals surface area contributed by atoms with Gasteiger partial charge >= 0.3 is 11.9 Å². The maximum atomic E-state index is 11.8. The SMILES string of the molecule is CCCCCC(=O)OC(CC(=O)O)c1ccccc1OC. The predicted octanol–water partition coefficient (Wildman–Crippen LogP) is 3.33. The molecule has 1 aromatic carbocycles. The Morgan fingerprint density at radius 2 is 1.95 bits per heavy atom. The van der Waals surface area contributed by atoms with Crippen LogP contribution in [0.1, 0.15) is 50.7 Å². The summed E-state index contributed by atoms with van der Waals surface area (Å²) in [6.07, 6.45) is 1.92. The third-order valence-corrected chi connectivity index (χ3v) is 3.10. The summed E-state index contributed by atoms with van der Waals surface area (Å²) in [5, 5.41) is 9.00. The van der Waals surface area contributed by atoms with Gasteiger partial charge in [0.05, 0.1) is 13.5 Å². The van der Waals surface area contributed by atoms with Crippen LogP contribution in [0.5, 0.6) is 5.75 Å². The molecule has 21 heavy (non-hydrogen) atoms. The number of benzene rings is 1. The van der Waals surface area contributed by atoms with Gasteiger partial charge in [-0.15, -0.1) is 0 Å². The molecule has 1 atom stereocenters. The molecule has 0 aliphatic rings. The number of carboxylic acid groups (broad SMARTS) is 1. The number of ether oxygens (including phenoxy) is 2. The van der Waals surface area contributed by atoms with E-state index in [9.17, 15) is 9.59 Å². The van der Waals surface area contributed by atoms with E-state index >= 15 is 0 Å². The molecule has 0 heterocycles. The van der Waals surface area contributed by atoms with Crippen LogP contribution in [0.3, 0.4) is 0 Å². The number of unbranched alkanes of at least 4 members (excludes halogenated alkanes) is 2. The monoisotopic (exact) mass is 294 g/mol. The molecule has 1 unspecified atom stereocenters. The van der Waals surface area contributed by atoms with Crippen LogP contribution in [0.15, 0.2) is 24.3 Å². The molecule has 0 aliphatic heterocycles. The van der Waals surface area contributed by atoms with E-state index < -0.39 is 12.1 Å². The Balaban J connectivity index is 2.80. The number of carbonyl (C=O) groups excluding carboxylic acids is 1. The first kappa shape index (κ1) is 17.0. The van der Waals surface area contributed by atoms with Crippen molar-refractivity contribution in [2.45, 2.75) is 45.1 Å². The van der Waals surface area contributed by atoms with Crippen LogP contribution in [0.2, 0.25) is 0 Å². The van der Waals surface area contributed by atoms with E-state index in [4.69, 9.17) is 14.6 Å². The Morgan fingerprint density at radius 1 is 1.24 bits per heavy atom. The van der Waals surface area contributed by atoms with Gasteiger partial charge in [0.1, 0.15) is 11.9 Å². The van der Waals surface area contributed by atoms with Crippen LogP contribution < -0.4 is 4.74 Å². The Morgan fingerprint density at radius 3 is 2.57 bits per heavy atom. The van der Waals surface area contributed by atoms with Crippen molar-refractivity contribution in [2.75, 3.05) is 7.11 Å². The lowest BCUT2D eigenvalue weighted by atomic mass is 10.1. The van der Waals surface area contributed by atoms with Gasteiger partial charge in [0, 0.05) is 12.0 Å². The molecule has 0 aromatic heterocycles. The van der Waals surface area contributed by atoms with E-state index in [1.165, 1.54) is 7.11 Å². The second-order valence-corrected chi connectivity index (χ2v) is 4.78. The number of aliphatic carboxylic acids is 1. The number of hydrogen-bond donors (Lipinski definition) is 1. The van der Waals surface area contributed by atoms with Crippen LogP contribution in [-0.4, -0.2) is 24.2 Å². The molecule has 1 aromatic rings. The van der Waals surface area contributed by atoms with Crippen molar-refractivity contribution in [2.24, 2.45) is 0 Å². The van der Waals surface area contributed by atoms with Crippen LogP contribution in [-0.2, 0) is 14.3 Å². The second kappa shape index (κ2) is 9.00. The van der Waals surface area contributed by atoms with E-state index in [-0.39, 0.29) is 12.4 Å². The van der Waals surface area contributed by atoms with E-state index in [1.54, 1.807) is 24.3 Å². The van der Waals surface area contributed by atoms with Gasteiger partial charge in [-0.2, -0.15) is 0 Å². The molecular weight excluding hydrogens is 272 g/mol. The summed E-state index contributed by atoms with van der Waals surface area (Å²) in [6.45, 7) is 2.05. The zero-order valence-electron chi connectivity index (χ0n) is 12.5. The quantitative estimate of drug-likeness (QED) is 0.558. The average molecular weight is 294 g/mol. The summed E-state index contributed by atoms with van der Waals surface area (Å²) in [6, 6.07) is 6.97. The lowest BCUT2D eigenvalue weighted by Gasteiger charge is -2.19. The molecule has 0 saturated carbocycles. The van der Waals surface area contributed by atoms with Gasteiger partial charge in [0.25, 0.3) is 0 Å². The van der Waals surface area contributed by atoms with Crippen molar-refractivity contribution in [3.63, 3.8) is 0 Å². The van der Waals surface area contributed by atoms with Crippen molar-refractivity contribution in [1.29, 1.82) is 0 Å². The molecular formula is C16H22O5. The largest absolute Gasteiger partial charge is 0.496 e. The minimum absolute atomic E-state index is 0.278. The van der Waals surface area contributed by atoms with Crippen LogP contribution >= 0.6 is 0 Å². The molecule has 0 spiro atoms. The fraction of sp³-hybridized carbons (Fsp3) is 0.500. The number of methoxy groups -OCH3 is 1. The Kier molecular flexibility index (Phi) is 7.29. The highest BCUT2D eigenvalue weighted by Crippen LogP contribution is 2.30. The van der Waals surface area contributed by atoms with Crippen LogP contribution in [0.4, 0.5) is 0 Å². The summed E-state index contributed by atoms with van der Waals surface area (Å²) >= 11 is 0. The van der Waals surface area contributed by atoms with Gasteiger partial charge in [-0.05, 0) is 12.5 Å². The molecule has 1 N–H and O–H groups in total. The normalized spacial score (nSPS) is 11.7. The van der Waals surface area contributed by atoms with Gasteiger partial charge < -0.3 is 14.6 Å². The van der Waals surface area contributed by atoms with Crippen molar-refractivity contribution < 1.29 is 24.2 Å². The summed E-state index contributed by atoms with van der Waals surface area (Å²) < 4.78 is 10.5. The van der Waals surface area contributed by atoms with Gasteiger partial charge in [0.2, 0.25) is 0 Å². The minimum atomic E-state index is -1.02. The lowest BCUT2D eigenvalue weighted by Crippen LogP contribution is -2.15. The minimum Gasteiger partial charge on any atom is -0.496 e. The molecule has 0 bridgehead atoms. The lowest BCUT2D eigenvalue weighted by molar-refractivity contribution is -0.153. The van der Waals surface area contributed by atoms with Gasteiger partial charge in [-0.25, -0.2) is 0 Å². The topological polar surface area (TPSA) is 72.8 Å². The maximum absolute atomic E-state index is 11.8. The molecule has 0 fully saturated rings. The average Bonchev–Trinajstić information content (AvgIpc) is 2.46. The van der Waals surface area contributed by atoms with E-state index in [0.717, 1.165) is 19.3 Å². The van der Waals surface area contributed by atoms with Crippen molar-refractivity contribution in [1.82, 2.24) is 0 Å². The molecule has 5 nitrogen and oxygen atoms in total. The fourth-order valence-electron chi connectivity index (χ4n) is 2.04. The third kappa shape index (κ3) is 5.85. The fourth-order valence-corrected chi connectivity index (χ4v) is 2.04. The number of hydrogen-bond acceptors (Lipinski definition) is 4. The Bertz CT molecular complexity index is 469. The van der Waals surface area contributed by atoms with E-state index in [0.29, 0.717) is 17.7 Å². The number of esters is 1. The standard InChI is InChI=1S/C16H22O5/c1-3-4-5-10-16(19)21-14(11-15(17)18)12-8-6-7-9-13(12)20-2/h6-9,14H,3-5,10-11H2,1-2H3,(H,17,18). The van der Waals surface area contributed by atoms with Crippen molar-refractivity contribution in [3.8, 4) is 5.75 Å². The van der Waals surface area contributed by atoms with Gasteiger partial charge in [-0.3, -0.25) is 9.59 Å². The highest BCUT2D eigenvalue weighted by atomic mass is 16.5. The Hall–Kier alpha value is -2.04. The first-order valence-corrected chi connectivity index (χ1v) is 7.12. The smallest absolute Gasteiger partial charge is 0.307 e. The predicted molar refractivity (Wildman–Crippen MR) is 78.2 cm³/mol. The van der Waals surface area contributed by atoms with Gasteiger partial charge in [0.15, 0.2) is 0 Å². The first-order chi connectivity index (χ1) is 10.1. The van der Waals surface area contributed by atoms with Crippen molar-refractivity contribution >= 4 is 11.9 Å². The zero-order valence-corrected chi connectivity index (χ0v) is 12.5. The summed E-state index contributed by atoms with van der Waals surface area (Å²) in [7, 11) is 1.50. The summed E-state index contributed by atoms with van der Waals surface area (Å²) in [5.41, 5.74) is 0.575. The molecule has 0 radical (unpaired) electrons. The maximum Gasteiger partial charge on any atom is 0.307 e. The van der Waals surface area contributed by atoms with Crippen molar-refractivity contribution in [3.05, 3.63) is 29.8 Å².